The summed E-state index contributed by atoms with van der Waals surface area (Å²) in [5, 5.41) is 28.2. The van der Waals surface area contributed by atoms with E-state index in [9.17, 15) is 19.8 Å². The number of benzene rings is 7. The Morgan fingerprint density at radius 3 is 1.44 bits per heavy atom. The predicted molar refractivity (Wildman–Crippen MR) is 506 cm³/mol. The van der Waals surface area contributed by atoms with Crippen molar-refractivity contribution in [3.8, 4) is 28.7 Å². The van der Waals surface area contributed by atoms with E-state index in [4.69, 9.17) is 23.7 Å². The summed E-state index contributed by atoms with van der Waals surface area (Å²) in [5.74, 6) is 5.67. The number of alkyl halides is 2. The van der Waals surface area contributed by atoms with Gasteiger partial charge < -0.3 is 66.4 Å². The Morgan fingerprint density at radius 2 is 0.974 bits per heavy atom. The third kappa shape index (κ3) is 31.1. The third-order valence-electron chi connectivity index (χ3n) is 22.8. The van der Waals surface area contributed by atoms with Crippen molar-refractivity contribution >= 4 is 146 Å². The molecule has 1 amide bonds. The summed E-state index contributed by atoms with van der Waals surface area (Å²) >= 11 is 11.7. The fourth-order valence-corrected chi connectivity index (χ4v) is 17.9. The number of ketones is 1. The summed E-state index contributed by atoms with van der Waals surface area (Å²) in [5.41, 5.74) is 8.17. The van der Waals surface area contributed by atoms with Gasteiger partial charge in [-0.25, -0.2) is 4.79 Å². The Bertz CT molecular complexity index is 3900. The average molecular weight is 2230 g/mol. The third-order valence-corrected chi connectivity index (χ3v) is 22.8. The number of fused-ring (bicyclic) bond motifs is 10. The number of hydrogen-bond acceptors (Lipinski definition) is 13. The number of aromatic hydroxyl groups is 1. The number of phenols is 1. The van der Waals surface area contributed by atoms with Crippen LogP contribution in [-0.4, -0.2) is 164 Å². The van der Waals surface area contributed by atoms with E-state index in [2.05, 4.69) is 241 Å². The molecule has 114 heavy (non-hydrogen) atoms. The average Bonchev–Trinajstić information content (AvgIpc) is 1.53. The van der Waals surface area contributed by atoms with Gasteiger partial charge in [-0.1, -0.05) is 175 Å². The number of methoxy groups -OCH3 is 4. The Morgan fingerprint density at radius 1 is 0.535 bits per heavy atom. The van der Waals surface area contributed by atoms with Gasteiger partial charge in [0, 0.05) is 92.1 Å². The van der Waals surface area contributed by atoms with Gasteiger partial charge in [0.15, 0.2) is 0 Å². The van der Waals surface area contributed by atoms with E-state index in [1.54, 1.807) is 45.5 Å². The van der Waals surface area contributed by atoms with Crippen LogP contribution < -0.4 is 46.6 Å². The summed E-state index contributed by atoms with van der Waals surface area (Å²) in [6.07, 6.45) is 23.3. The number of nitrogens with one attached hydrogen (secondary N) is 2. The summed E-state index contributed by atoms with van der Waals surface area (Å²) in [4.78, 5) is 34.1. The first-order valence-corrected chi connectivity index (χ1v) is 56.9. The Hall–Kier alpha value is -2.50. The van der Waals surface area contributed by atoms with Crippen LogP contribution in [0.3, 0.4) is 0 Å². The number of phenolic OH excluding ortho intramolecular Hbond substituents is 1. The van der Waals surface area contributed by atoms with Gasteiger partial charge in [-0.2, -0.15) is 18.2 Å². The summed E-state index contributed by atoms with van der Waals surface area (Å²) in [7, 11) is 6.80. The zero-order chi connectivity index (χ0) is 78.7. The number of rotatable bonds is 12. The van der Waals surface area contributed by atoms with Crippen molar-refractivity contribution < 1.29 is 65.4 Å². The number of carbonyl (C=O) groups excluding carboxylic acids is 2. The second kappa shape index (κ2) is 52.1. The number of halogens is 6. The maximum Gasteiger partial charge on any atom is 2.00 e. The molecule has 0 radical (unpaired) electrons. The van der Waals surface area contributed by atoms with E-state index in [0.717, 1.165) is 104 Å². The number of piperidine rings is 4. The van der Waals surface area contributed by atoms with Crippen LogP contribution in [0.25, 0.3) is 5.57 Å². The zero-order valence-corrected chi connectivity index (χ0v) is 81.9. The van der Waals surface area contributed by atoms with Crippen LogP contribution in [0, 0.1) is 6.07 Å². The Labute approximate surface area is 775 Å². The quantitative estimate of drug-likeness (QED) is 0.0397. The molecular weight excluding hydrogens is 2110 g/mol. The van der Waals surface area contributed by atoms with Crippen molar-refractivity contribution in [2.75, 3.05) is 38.3 Å². The number of nitrogens with zero attached hydrogens (tertiary/aromatic N) is 3. The van der Waals surface area contributed by atoms with E-state index in [0.29, 0.717) is 48.7 Å². The first-order chi connectivity index (χ1) is 53.2. The molecule has 10 atom stereocenters. The van der Waals surface area contributed by atoms with Crippen molar-refractivity contribution in [2.24, 2.45) is 0 Å². The van der Waals surface area contributed by atoms with Crippen LogP contribution in [0.2, 0.25) is 0 Å². The molecule has 10 bridgehead atoms. The number of Topliss-reactive ketones (excluding diaryl/α,β-unsaturated/α-hetero) is 1. The van der Waals surface area contributed by atoms with Crippen LogP contribution >= 0.6 is 105 Å². The number of aliphatic hydroxyl groups is 1. The molecule has 0 aromatic heterocycles. The van der Waals surface area contributed by atoms with Crippen LogP contribution in [0.1, 0.15) is 203 Å². The molecule has 10 unspecified atom stereocenters. The van der Waals surface area contributed by atoms with Crippen LogP contribution in [0.15, 0.2) is 188 Å². The molecule has 4 N–H and O–H groups in total. The van der Waals surface area contributed by atoms with Gasteiger partial charge in [0.1, 0.15) is 34.4 Å². The van der Waals surface area contributed by atoms with Gasteiger partial charge >= 0.3 is 94.0 Å². The molecule has 7 aromatic carbocycles. The van der Waals surface area contributed by atoms with Crippen LogP contribution in [0.5, 0.6) is 28.7 Å². The van der Waals surface area contributed by atoms with Crippen molar-refractivity contribution in [1.29, 1.82) is 0 Å². The number of amides is 1. The Kier molecular flexibility index (Phi) is 46.6. The first-order valence-electron chi connectivity index (χ1n) is 39.0. The molecule has 10 aliphatic heterocycles. The van der Waals surface area contributed by atoms with E-state index < -0.39 is 11.2 Å². The molecule has 10 heterocycles. The second-order valence-electron chi connectivity index (χ2n) is 31.1. The minimum atomic E-state index is -0.729. The molecule has 7 aromatic rings. The minimum Gasteiger partial charge on any atom is 2.00 e. The molecule has 0 spiro atoms. The maximum absolute atomic E-state index is 12.0. The number of ether oxygens (including phenoxy) is 5. The normalized spacial score (nSPS) is 25.2. The van der Waals surface area contributed by atoms with E-state index >= 15 is 0 Å². The standard InChI is InChI=1S/C21H25NO2.C21H23NO.C14H19NO.C13H17NO.C12H19NO3.C7H7O.2CH3I.2CH4.BrH.3HI.Mg.V/c1-24-20-9-5-8-17(12-20)21(23)13-18-10-11-19(14-21)22(18)15-16-6-3-2-4-7-16;1-23-21-9-5-8-17(14-21)18-12-19-10-11-20(13-18)22(19)15-16-6-3-2-4-7-16;1-16-14-4-2-3-10(9-14)11-7-12-5-6-13(8-11)15-12;15-13-3-1-2-9(8-13)10-6-11-4-5-12(7-10)14-11;1-12(2,3)16-11(15)13-8-4-5-9(13)7-10(14)6-8;1-8-7-5-3-2-4-6-7;2*1-2;;;;;;;;/h2-9,12,18-19,23H,10-11,13-15H2,1H3;2-9,12,14,19-20H,10-11,13,15H2,1H3;2-4,9,11-13,15H,5-8H2,1H3;1-3,8,10-12,14-15H,4-7H2;8-9H,4-7H2,1-3H3;2-3,5-6H,1H3;2*1H3;2*1H4;4*1H;;/q;;;;;-1;;;;;;;;;+2;+3/p-4. The summed E-state index contributed by atoms with van der Waals surface area (Å²) in [6, 6.07) is 69.9. The fourth-order valence-electron chi connectivity index (χ4n) is 17.9. The van der Waals surface area contributed by atoms with Gasteiger partial charge in [-0.15, -0.1) is 12.1 Å². The fraction of sp³-hybridized carbons (Fsp3) is 0.500. The first kappa shape index (κ1) is 102. The zero-order valence-electron chi connectivity index (χ0n) is 66.7. The largest absolute Gasteiger partial charge is 2.00 e. The van der Waals surface area contributed by atoms with Gasteiger partial charge in [0.2, 0.25) is 0 Å². The second-order valence-corrected chi connectivity index (χ2v) is 66.5. The minimum absolute atomic E-state index is 0. The van der Waals surface area contributed by atoms with Crippen LogP contribution in [-0.2, 0) is 33.1 Å². The SMILES string of the molecule is C.C.CC(C)(C)OC(=O)N1C2CCC1CC(=O)C2.CI.CI.COc1c[c-]ccc1.COc1cccc(C2(O)CC3CCC(C2)N3Cc2ccccc2)c1.COc1cccc(C2=CC3CCC(C2)N3Cc2ccccc2)c1.COc1cccc(C2CC3CCC(C2)N3)c1.Oc1cccc(C2CC3CCC(C2)N3)c1.[Br-].[I][V]([I])[I].[Mg+2]. The molecule has 0 saturated carbocycles. The van der Waals surface area contributed by atoms with Crippen molar-refractivity contribution in [2.45, 2.75) is 254 Å². The molecule has 17 rings (SSSR count). The van der Waals surface area contributed by atoms with Gasteiger partial charge in [-0.05, 0) is 239 Å². The molecule has 9 saturated heterocycles. The van der Waals surface area contributed by atoms with E-state index in [1.807, 2.05) is 97.4 Å². The monoisotopic (exact) mass is 2230 g/mol. The van der Waals surface area contributed by atoms with Gasteiger partial charge in [-0.3, -0.25) is 14.6 Å². The molecule has 0 aliphatic carbocycles. The van der Waals surface area contributed by atoms with Crippen LogP contribution in [0.4, 0.5) is 4.79 Å². The maximum atomic E-state index is 12.0. The smallest absolute Gasteiger partial charge is 2.00 e. The molecule has 9 fully saturated rings. The molecule has 14 nitrogen and oxygen atoms in total. The summed E-state index contributed by atoms with van der Waals surface area (Å²) < 4.78 is 26.3. The van der Waals surface area contributed by atoms with Gasteiger partial charge in [0.25, 0.3) is 0 Å². The Balaban J connectivity index is 0.000000243. The van der Waals surface area contributed by atoms with Gasteiger partial charge in [0.05, 0.1) is 34.0 Å². The number of hydrogen-bond donors (Lipinski definition) is 4. The van der Waals surface area contributed by atoms with E-state index in [-0.39, 0.29) is 83.8 Å². The molecular formula is C92H124BrI5MgN5O9V. The molecule has 22 heteroatoms. The van der Waals surface area contributed by atoms with Crippen molar-refractivity contribution in [1.82, 2.24) is 25.3 Å². The predicted octanol–water partition coefficient (Wildman–Crippen LogP) is 19.6. The summed E-state index contributed by atoms with van der Waals surface area (Å²) in [6.45, 7) is 7.65. The van der Waals surface area contributed by atoms with E-state index in [1.165, 1.54) is 110 Å². The molecule has 620 valence electrons. The topological polar surface area (TPSA) is 155 Å². The molecule has 10 aliphatic rings. The van der Waals surface area contributed by atoms with Crippen molar-refractivity contribution in [3.05, 3.63) is 228 Å². The van der Waals surface area contributed by atoms with Crippen molar-refractivity contribution in [3.63, 3.8) is 0 Å². The number of carbonyl (C=O) groups is 2.